The Morgan fingerprint density at radius 2 is 2.06 bits per heavy atom. The fourth-order valence-corrected chi connectivity index (χ4v) is 2.94. The number of carbonyl (C=O) groups excluding carboxylic acids is 1. The quantitative estimate of drug-likeness (QED) is 0.670. The number of hydrogen-bond acceptors (Lipinski definition) is 4. The molecule has 5 N–H and O–H groups in total. The van der Waals surface area contributed by atoms with Crippen LogP contribution in [0.1, 0.15) is 6.42 Å². The van der Waals surface area contributed by atoms with Gasteiger partial charge < -0.3 is 11.5 Å². The van der Waals surface area contributed by atoms with Crippen molar-refractivity contribution < 1.29 is 17.6 Å². The van der Waals surface area contributed by atoms with Gasteiger partial charge in [0.1, 0.15) is 4.90 Å². The molecule has 0 fully saturated rings. The molecule has 0 heterocycles. The first-order chi connectivity index (χ1) is 8.24. The number of hydrogen-bond donors (Lipinski definition) is 3. The lowest BCUT2D eigenvalue weighted by atomic mass is 10.3. The zero-order valence-electron chi connectivity index (χ0n) is 9.11. The van der Waals surface area contributed by atoms with Gasteiger partial charge >= 0.3 is 0 Å². The molecule has 1 rings (SSSR count). The van der Waals surface area contributed by atoms with Crippen molar-refractivity contribution in [3.63, 3.8) is 0 Å². The Balaban J connectivity index is 3.02. The van der Waals surface area contributed by atoms with E-state index in [9.17, 15) is 17.6 Å². The zero-order valence-corrected chi connectivity index (χ0v) is 11.5. The van der Waals surface area contributed by atoms with Crippen molar-refractivity contribution in [1.29, 1.82) is 0 Å². The molecule has 6 nitrogen and oxygen atoms in total. The van der Waals surface area contributed by atoms with E-state index < -0.39 is 26.6 Å². The maximum Gasteiger partial charge on any atom is 0.243 e. The SMILES string of the molecule is NC(=O)CCNS(=O)(=O)c1cc(N)cc(Br)c1F. The average Bonchev–Trinajstić information content (AvgIpc) is 2.22. The molecule has 100 valence electrons. The number of nitrogens with one attached hydrogen (secondary N) is 1. The van der Waals surface area contributed by atoms with Crippen molar-refractivity contribution in [3.8, 4) is 0 Å². The van der Waals surface area contributed by atoms with Crippen molar-refractivity contribution in [2.75, 3.05) is 12.3 Å². The molecule has 1 aromatic rings. The summed E-state index contributed by atoms with van der Waals surface area (Å²) in [6.45, 7) is -0.205. The Morgan fingerprint density at radius 3 is 2.61 bits per heavy atom. The Hall–Kier alpha value is -1.19. The summed E-state index contributed by atoms with van der Waals surface area (Å²) in [5.41, 5.74) is 10.4. The summed E-state index contributed by atoms with van der Waals surface area (Å²) in [5, 5.41) is 0. The van der Waals surface area contributed by atoms with Crippen LogP contribution < -0.4 is 16.2 Å². The van der Waals surface area contributed by atoms with Crippen LogP contribution >= 0.6 is 15.9 Å². The van der Waals surface area contributed by atoms with E-state index in [1.54, 1.807) is 0 Å². The number of nitrogen functional groups attached to an aromatic ring is 1. The van der Waals surface area contributed by atoms with Gasteiger partial charge in [-0.2, -0.15) is 0 Å². The molecule has 0 saturated heterocycles. The highest BCUT2D eigenvalue weighted by atomic mass is 79.9. The lowest BCUT2D eigenvalue weighted by Gasteiger charge is -2.08. The summed E-state index contributed by atoms with van der Waals surface area (Å²) in [5.74, 6) is -1.61. The summed E-state index contributed by atoms with van der Waals surface area (Å²) in [6.07, 6.45) is -0.176. The summed E-state index contributed by atoms with van der Waals surface area (Å²) in [4.78, 5) is 9.90. The van der Waals surface area contributed by atoms with Crippen LogP contribution in [0.25, 0.3) is 0 Å². The number of anilines is 1. The van der Waals surface area contributed by atoms with E-state index in [-0.39, 0.29) is 23.1 Å². The van der Waals surface area contributed by atoms with Gasteiger partial charge in [-0.25, -0.2) is 17.5 Å². The fraction of sp³-hybridized carbons (Fsp3) is 0.222. The van der Waals surface area contributed by atoms with Gasteiger partial charge in [-0.15, -0.1) is 0 Å². The maximum absolute atomic E-state index is 13.6. The Bertz CT molecular complexity index is 577. The first-order valence-electron chi connectivity index (χ1n) is 4.76. The van der Waals surface area contributed by atoms with E-state index >= 15 is 0 Å². The molecule has 1 aromatic carbocycles. The Morgan fingerprint density at radius 1 is 1.44 bits per heavy atom. The normalized spacial score (nSPS) is 11.4. The number of halogens is 2. The van der Waals surface area contributed by atoms with Gasteiger partial charge in [0.15, 0.2) is 5.82 Å². The predicted molar refractivity (Wildman–Crippen MR) is 67.5 cm³/mol. The summed E-state index contributed by atoms with van der Waals surface area (Å²) >= 11 is 2.86. The van der Waals surface area contributed by atoms with Gasteiger partial charge in [-0.1, -0.05) is 0 Å². The van der Waals surface area contributed by atoms with E-state index in [4.69, 9.17) is 11.5 Å². The van der Waals surface area contributed by atoms with E-state index in [1.807, 2.05) is 0 Å². The van der Waals surface area contributed by atoms with Crippen LogP contribution in [0, 0.1) is 5.82 Å². The Kier molecular flexibility index (Phi) is 4.65. The minimum absolute atomic E-state index is 0.0576. The maximum atomic E-state index is 13.6. The van der Waals surface area contributed by atoms with Crippen LogP contribution in [0.2, 0.25) is 0 Å². The third-order valence-electron chi connectivity index (χ3n) is 1.97. The van der Waals surface area contributed by atoms with Crippen molar-refractivity contribution >= 4 is 37.5 Å². The molecule has 0 spiro atoms. The molecule has 0 aromatic heterocycles. The molecule has 0 atom stereocenters. The molecule has 0 unspecified atom stereocenters. The third-order valence-corrected chi connectivity index (χ3v) is 4.01. The van der Waals surface area contributed by atoms with Gasteiger partial charge in [0.05, 0.1) is 4.47 Å². The van der Waals surface area contributed by atoms with Crippen molar-refractivity contribution in [3.05, 3.63) is 22.4 Å². The van der Waals surface area contributed by atoms with Gasteiger partial charge in [0.2, 0.25) is 15.9 Å². The van der Waals surface area contributed by atoms with Crippen LogP contribution in [0.5, 0.6) is 0 Å². The smallest absolute Gasteiger partial charge is 0.243 e. The van der Waals surface area contributed by atoms with E-state index in [0.29, 0.717) is 0 Å². The molecule has 0 aliphatic heterocycles. The molecular weight excluding hydrogens is 329 g/mol. The number of rotatable bonds is 5. The number of sulfonamides is 1. The number of benzene rings is 1. The van der Waals surface area contributed by atoms with Gasteiger partial charge in [0.25, 0.3) is 0 Å². The highest BCUT2D eigenvalue weighted by Gasteiger charge is 2.21. The van der Waals surface area contributed by atoms with E-state index in [0.717, 1.165) is 6.07 Å². The van der Waals surface area contributed by atoms with Crippen LogP contribution in [0.15, 0.2) is 21.5 Å². The average molecular weight is 340 g/mol. The largest absolute Gasteiger partial charge is 0.399 e. The second kappa shape index (κ2) is 5.63. The summed E-state index contributed by atoms with van der Waals surface area (Å²) < 4.78 is 39.2. The lowest BCUT2D eigenvalue weighted by Crippen LogP contribution is -2.28. The van der Waals surface area contributed by atoms with Crippen LogP contribution in [-0.4, -0.2) is 20.9 Å². The molecule has 1 amide bonds. The van der Waals surface area contributed by atoms with Gasteiger partial charge in [0, 0.05) is 18.7 Å². The standard InChI is InChI=1S/C9H11BrFN3O3S/c10-6-3-5(12)4-7(9(6)11)18(16,17)14-2-1-8(13)15/h3-4,14H,1-2,12H2,(H2,13,15). The molecule has 0 radical (unpaired) electrons. The van der Waals surface area contributed by atoms with E-state index in [2.05, 4.69) is 20.7 Å². The molecule has 9 heteroatoms. The van der Waals surface area contributed by atoms with Crippen LogP contribution in [0.4, 0.5) is 10.1 Å². The molecule has 0 saturated carbocycles. The second-order valence-corrected chi connectivity index (χ2v) is 6.02. The molecule has 0 aliphatic carbocycles. The zero-order chi connectivity index (χ0) is 13.9. The summed E-state index contributed by atoms with van der Waals surface area (Å²) in [7, 11) is -4.07. The van der Waals surface area contributed by atoms with Crippen molar-refractivity contribution in [2.45, 2.75) is 11.3 Å². The molecule has 0 aliphatic rings. The number of carbonyl (C=O) groups is 1. The number of nitrogens with two attached hydrogens (primary N) is 2. The highest BCUT2D eigenvalue weighted by molar-refractivity contribution is 9.10. The molecule has 18 heavy (non-hydrogen) atoms. The highest BCUT2D eigenvalue weighted by Crippen LogP contribution is 2.25. The van der Waals surface area contributed by atoms with Crippen LogP contribution in [0.3, 0.4) is 0 Å². The van der Waals surface area contributed by atoms with Crippen LogP contribution in [-0.2, 0) is 14.8 Å². The van der Waals surface area contributed by atoms with E-state index in [1.165, 1.54) is 6.07 Å². The molecular formula is C9H11BrFN3O3S. The van der Waals surface area contributed by atoms with Crippen molar-refractivity contribution in [2.24, 2.45) is 5.73 Å². The first kappa shape index (κ1) is 14.9. The molecule has 0 bridgehead atoms. The van der Waals surface area contributed by atoms with Crippen molar-refractivity contribution in [1.82, 2.24) is 4.72 Å². The lowest BCUT2D eigenvalue weighted by molar-refractivity contribution is -0.117. The Labute approximate surface area is 112 Å². The minimum atomic E-state index is -4.07. The third kappa shape index (κ3) is 3.65. The van der Waals surface area contributed by atoms with Gasteiger partial charge in [-0.05, 0) is 28.1 Å². The number of amides is 1. The van der Waals surface area contributed by atoms with Gasteiger partial charge in [-0.3, -0.25) is 4.79 Å². The minimum Gasteiger partial charge on any atom is -0.399 e. The fourth-order valence-electron chi connectivity index (χ4n) is 1.17. The first-order valence-corrected chi connectivity index (χ1v) is 7.04. The summed E-state index contributed by atoms with van der Waals surface area (Å²) in [6, 6.07) is 2.24. The monoisotopic (exact) mass is 339 g/mol. The number of primary amides is 1. The topological polar surface area (TPSA) is 115 Å². The predicted octanol–water partition coefficient (Wildman–Crippen LogP) is 0.324. The second-order valence-electron chi connectivity index (χ2n) is 3.43.